The summed E-state index contributed by atoms with van der Waals surface area (Å²) in [6, 6.07) is 15.7. The Morgan fingerprint density at radius 2 is 1.76 bits per heavy atom. The molecule has 0 aliphatic carbocycles. The molecule has 0 fully saturated rings. The predicted molar refractivity (Wildman–Crippen MR) is 97.3 cm³/mol. The lowest BCUT2D eigenvalue weighted by atomic mass is 10.1. The Balaban J connectivity index is 1.75. The Morgan fingerprint density at radius 3 is 2.56 bits per heavy atom. The molecule has 0 atom stereocenters. The number of hydrogen-bond acceptors (Lipinski definition) is 5. The van der Waals surface area contributed by atoms with Gasteiger partial charge < -0.3 is 4.52 Å². The van der Waals surface area contributed by atoms with E-state index in [1.165, 1.54) is 0 Å². The van der Waals surface area contributed by atoms with Gasteiger partial charge >= 0.3 is 0 Å². The number of benzene rings is 2. The van der Waals surface area contributed by atoms with Gasteiger partial charge in [0.1, 0.15) is 0 Å². The Hall–Kier alpha value is -2.80. The van der Waals surface area contributed by atoms with Crippen molar-refractivity contribution < 1.29 is 4.52 Å². The summed E-state index contributed by atoms with van der Waals surface area (Å²) in [7, 11) is 0. The predicted octanol–water partition coefficient (Wildman–Crippen LogP) is 4.36. The van der Waals surface area contributed by atoms with Crippen molar-refractivity contribution in [2.75, 3.05) is 0 Å². The minimum Gasteiger partial charge on any atom is -0.332 e. The van der Waals surface area contributed by atoms with Crippen LogP contribution >= 0.6 is 15.9 Å². The second kappa shape index (κ2) is 6.25. The fourth-order valence-electron chi connectivity index (χ4n) is 2.63. The summed E-state index contributed by atoms with van der Waals surface area (Å²) in [4.78, 5) is 4.50. The molecule has 4 aromatic rings. The van der Waals surface area contributed by atoms with Crippen LogP contribution in [0.3, 0.4) is 0 Å². The third kappa shape index (κ3) is 2.76. The second-order valence-electron chi connectivity index (χ2n) is 5.62. The molecule has 2 heterocycles. The van der Waals surface area contributed by atoms with Gasteiger partial charge in [0, 0.05) is 10.0 Å². The van der Waals surface area contributed by atoms with Crippen molar-refractivity contribution >= 4 is 15.9 Å². The van der Waals surface area contributed by atoms with E-state index in [0.29, 0.717) is 17.4 Å². The lowest BCUT2D eigenvalue weighted by Crippen LogP contribution is -1.99. The summed E-state index contributed by atoms with van der Waals surface area (Å²) in [5, 5.41) is 12.6. The highest BCUT2D eigenvalue weighted by atomic mass is 79.9. The largest absolute Gasteiger partial charge is 0.332 e. The highest BCUT2D eigenvalue weighted by Crippen LogP contribution is 2.27. The van der Waals surface area contributed by atoms with Gasteiger partial charge in [-0.05, 0) is 47.5 Å². The Labute approximate surface area is 152 Å². The standard InChI is InChI=1S/C18H14BrN5O/c1-11-7-3-4-8-13(11)17-20-18(25-22-17)16-12(2)24(23-21-16)15-10-6-5-9-14(15)19/h3-10H,1-2H3. The molecule has 7 heteroatoms. The van der Waals surface area contributed by atoms with Crippen molar-refractivity contribution in [1.82, 2.24) is 25.1 Å². The second-order valence-corrected chi connectivity index (χ2v) is 6.48. The molecule has 0 radical (unpaired) electrons. The minimum absolute atomic E-state index is 0.356. The molecule has 0 bridgehead atoms. The third-order valence-corrected chi connectivity index (χ3v) is 4.66. The van der Waals surface area contributed by atoms with E-state index in [4.69, 9.17) is 4.52 Å². The molecule has 0 aliphatic heterocycles. The molecule has 0 saturated heterocycles. The van der Waals surface area contributed by atoms with E-state index in [2.05, 4.69) is 36.4 Å². The van der Waals surface area contributed by atoms with Crippen LogP contribution in [0.15, 0.2) is 57.5 Å². The SMILES string of the molecule is Cc1ccccc1-c1noc(-c2nnn(-c3ccccc3Br)c2C)n1. The topological polar surface area (TPSA) is 69.6 Å². The van der Waals surface area contributed by atoms with Gasteiger partial charge in [-0.15, -0.1) is 5.10 Å². The summed E-state index contributed by atoms with van der Waals surface area (Å²) in [6.07, 6.45) is 0. The fraction of sp³-hybridized carbons (Fsp3) is 0.111. The summed E-state index contributed by atoms with van der Waals surface area (Å²) in [6.45, 7) is 3.94. The smallest absolute Gasteiger partial charge is 0.280 e. The van der Waals surface area contributed by atoms with Crippen LogP contribution in [0.4, 0.5) is 0 Å². The van der Waals surface area contributed by atoms with Gasteiger partial charge in [-0.3, -0.25) is 0 Å². The lowest BCUT2D eigenvalue weighted by Gasteiger charge is -2.04. The minimum atomic E-state index is 0.356. The lowest BCUT2D eigenvalue weighted by molar-refractivity contribution is 0.430. The van der Waals surface area contributed by atoms with Crippen molar-refractivity contribution in [3.63, 3.8) is 0 Å². The van der Waals surface area contributed by atoms with Gasteiger partial charge in [0.25, 0.3) is 5.89 Å². The maximum absolute atomic E-state index is 5.43. The molecule has 0 N–H and O–H groups in total. The summed E-state index contributed by atoms with van der Waals surface area (Å²) >= 11 is 3.54. The first-order chi connectivity index (χ1) is 12.1. The maximum Gasteiger partial charge on any atom is 0.280 e. The highest BCUT2D eigenvalue weighted by Gasteiger charge is 2.20. The van der Waals surface area contributed by atoms with Crippen LogP contribution in [-0.4, -0.2) is 25.1 Å². The van der Waals surface area contributed by atoms with Gasteiger partial charge in [0.05, 0.1) is 11.4 Å². The molecule has 124 valence electrons. The average Bonchev–Trinajstić information content (AvgIpc) is 3.23. The number of nitrogens with zero attached hydrogens (tertiary/aromatic N) is 5. The van der Waals surface area contributed by atoms with E-state index in [9.17, 15) is 0 Å². The number of rotatable bonds is 3. The van der Waals surface area contributed by atoms with Crippen molar-refractivity contribution in [2.24, 2.45) is 0 Å². The highest BCUT2D eigenvalue weighted by molar-refractivity contribution is 9.10. The maximum atomic E-state index is 5.43. The van der Waals surface area contributed by atoms with Crippen LogP contribution in [-0.2, 0) is 0 Å². The van der Waals surface area contributed by atoms with E-state index < -0.39 is 0 Å². The van der Waals surface area contributed by atoms with Crippen LogP contribution < -0.4 is 0 Å². The monoisotopic (exact) mass is 395 g/mol. The first-order valence-electron chi connectivity index (χ1n) is 7.72. The Morgan fingerprint density at radius 1 is 1.00 bits per heavy atom. The molecule has 2 aromatic heterocycles. The van der Waals surface area contributed by atoms with Crippen molar-refractivity contribution in [3.8, 4) is 28.7 Å². The number of para-hydroxylation sites is 1. The zero-order valence-electron chi connectivity index (χ0n) is 13.6. The number of hydrogen-bond donors (Lipinski definition) is 0. The first kappa shape index (κ1) is 15.7. The summed E-state index contributed by atoms with van der Waals surface area (Å²) < 4.78 is 8.11. The molecule has 0 amide bonds. The van der Waals surface area contributed by atoms with Crippen molar-refractivity contribution in [1.29, 1.82) is 0 Å². The van der Waals surface area contributed by atoms with E-state index in [-0.39, 0.29) is 0 Å². The Bertz CT molecular complexity index is 1050. The fourth-order valence-corrected chi connectivity index (χ4v) is 3.08. The first-order valence-corrected chi connectivity index (χ1v) is 8.52. The van der Waals surface area contributed by atoms with Crippen LogP contribution in [0.25, 0.3) is 28.7 Å². The zero-order valence-corrected chi connectivity index (χ0v) is 15.2. The number of aromatic nitrogens is 5. The van der Waals surface area contributed by atoms with E-state index in [1.807, 2.05) is 62.4 Å². The van der Waals surface area contributed by atoms with Crippen molar-refractivity contribution in [3.05, 3.63) is 64.3 Å². The van der Waals surface area contributed by atoms with E-state index in [0.717, 1.165) is 27.0 Å². The van der Waals surface area contributed by atoms with Gasteiger partial charge in [-0.2, -0.15) is 4.98 Å². The Kier molecular flexibility index (Phi) is 3.93. The van der Waals surface area contributed by atoms with Crippen molar-refractivity contribution in [2.45, 2.75) is 13.8 Å². The molecule has 0 aliphatic rings. The quantitative estimate of drug-likeness (QED) is 0.515. The number of halogens is 1. The zero-order chi connectivity index (χ0) is 17.4. The normalized spacial score (nSPS) is 11.0. The third-order valence-electron chi connectivity index (χ3n) is 3.99. The van der Waals surface area contributed by atoms with Gasteiger partial charge in [-0.25, -0.2) is 4.68 Å². The average molecular weight is 396 g/mol. The molecule has 0 spiro atoms. The van der Waals surface area contributed by atoms with Gasteiger partial charge in [0.2, 0.25) is 5.82 Å². The number of aryl methyl sites for hydroxylation is 1. The molecule has 0 unspecified atom stereocenters. The molecule has 4 rings (SSSR count). The van der Waals surface area contributed by atoms with Crippen LogP contribution in [0.2, 0.25) is 0 Å². The molecular formula is C18H14BrN5O. The van der Waals surface area contributed by atoms with Crippen LogP contribution in [0.5, 0.6) is 0 Å². The molecule has 25 heavy (non-hydrogen) atoms. The van der Waals surface area contributed by atoms with Crippen LogP contribution in [0.1, 0.15) is 11.3 Å². The molecule has 2 aromatic carbocycles. The summed E-state index contributed by atoms with van der Waals surface area (Å²) in [5.74, 6) is 0.900. The van der Waals surface area contributed by atoms with Gasteiger partial charge in [0.15, 0.2) is 5.69 Å². The summed E-state index contributed by atoms with van der Waals surface area (Å²) in [5.41, 5.74) is 4.32. The molecule has 6 nitrogen and oxygen atoms in total. The van der Waals surface area contributed by atoms with Gasteiger partial charge in [-0.1, -0.05) is 46.8 Å². The van der Waals surface area contributed by atoms with Crippen LogP contribution in [0, 0.1) is 13.8 Å². The van der Waals surface area contributed by atoms with E-state index >= 15 is 0 Å². The molecular weight excluding hydrogens is 382 g/mol. The molecule has 0 saturated carbocycles. The van der Waals surface area contributed by atoms with E-state index in [1.54, 1.807) is 4.68 Å².